The maximum atomic E-state index is 11.8. The van der Waals surface area contributed by atoms with Crippen LogP contribution in [0.2, 0.25) is 5.15 Å². The van der Waals surface area contributed by atoms with Crippen LogP contribution in [-0.2, 0) is 4.79 Å². The monoisotopic (exact) mass is 253 g/mol. The summed E-state index contributed by atoms with van der Waals surface area (Å²) in [6.07, 6.45) is 0.601. The highest BCUT2D eigenvalue weighted by Crippen LogP contribution is 2.12. The van der Waals surface area contributed by atoms with Crippen LogP contribution in [0.25, 0.3) is 0 Å². The number of halogens is 1. The van der Waals surface area contributed by atoms with E-state index in [0.29, 0.717) is 18.1 Å². The Kier molecular flexibility index (Phi) is 3.28. The SMILES string of the molecule is Cc1ccc(C(=O)NC2CCNC2=O)nc1Cl. The van der Waals surface area contributed by atoms with Gasteiger partial charge in [-0.25, -0.2) is 4.98 Å². The maximum Gasteiger partial charge on any atom is 0.270 e. The van der Waals surface area contributed by atoms with E-state index in [1.165, 1.54) is 0 Å². The summed E-state index contributed by atoms with van der Waals surface area (Å²) in [7, 11) is 0. The molecular formula is C11H12ClN3O2. The van der Waals surface area contributed by atoms with Gasteiger partial charge in [-0.05, 0) is 25.0 Å². The van der Waals surface area contributed by atoms with E-state index >= 15 is 0 Å². The molecule has 0 saturated carbocycles. The van der Waals surface area contributed by atoms with Gasteiger partial charge in [0.2, 0.25) is 5.91 Å². The van der Waals surface area contributed by atoms with E-state index in [0.717, 1.165) is 5.56 Å². The van der Waals surface area contributed by atoms with Gasteiger partial charge in [-0.3, -0.25) is 9.59 Å². The topological polar surface area (TPSA) is 71.1 Å². The second-order valence-corrected chi connectivity index (χ2v) is 4.27. The fourth-order valence-corrected chi connectivity index (χ4v) is 1.75. The second kappa shape index (κ2) is 4.71. The smallest absolute Gasteiger partial charge is 0.270 e. The largest absolute Gasteiger partial charge is 0.354 e. The van der Waals surface area contributed by atoms with Gasteiger partial charge >= 0.3 is 0 Å². The summed E-state index contributed by atoms with van der Waals surface area (Å²) >= 11 is 5.83. The van der Waals surface area contributed by atoms with Crippen LogP contribution in [0.1, 0.15) is 22.5 Å². The number of nitrogens with zero attached hydrogens (tertiary/aromatic N) is 1. The van der Waals surface area contributed by atoms with Crippen LogP contribution in [0.4, 0.5) is 0 Å². The third-order valence-electron chi connectivity index (χ3n) is 2.62. The molecule has 17 heavy (non-hydrogen) atoms. The van der Waals surface area contributed by atoms with Crippen molar-refractivity contribution in [2.45, 2.75) is 19.4 Å². The number of hydrogen-bond donors (Lipinski definition) is 2. The third-order valence-corrected chi connectivity index (χ3v) is 3.00. The minimum atomic E-state index is -0.468. The van der Waals surface area contributed by atoms with E-state index in [-0.39, 0.29) is 17.5 Å². The quantitative estimate of drug-likeness (QED) is 0.761. The van der Waals surface area contributed by atoms with E-state index in [1.54, 1.807) is 19.1 Å². The van der Waals surface area contributed by atoms with Crippen LogP contribution in [-0.4, -0.2) is 29.4 Å². The van der Waals surface area contributed by atoms with Gasteiger partial charge < -0.3 is 10.6 Å². The van der Waals surface area contributed by atoms with Crippen molar-refractivity contribution >= 4 is 23.4 Å². The highest BCUT2D eigenvalue weighted by Gasteiger charge is 2.26. The minimum Gasteiger partial charge on any atom is -0.354 e. The number of amides is 2. The molecule has 2 heterocycles. The van der Waals surface area contributed by atoms with Gasteiger partial charge in [-0.2, -0.15) is 0 Å². The van der Waals surface area contributed by atoms with Crippen molar-refractivity contribution in [3.05, 3.63) is 28.5 Å². The molecule has 90 valence electrons. The summed E-state index contributed by atoms with van der Waals surface area (Å²) in [5, 5.41) is 5.57. The molecule has 1 saturated heterocycles. The van der Waals surface area contributed by atoms with Gasteiger partial charge in [-0.15, -0.1) is 0 Å². The molecule has 5 nitrogen and oxygen atoms in total. The molecule has 2 rings (SSSR count). The van der Waals surface area contributed by atoms with Crippen LogP contribution in [0.5, 0.6) is 0 Å². The summed E-state index contributed by atoms with van der Waals surface area (Å²) in [5.74, 6) is -0.537. The Bertz CT molecular complexity index is 476. The molecule has 1 atom stereocenters. The Balaban J connectivity index is 2.09. The second-order valence-electron chi connectivity index (χ2n) is 3.91. The molecule has 0 radical (unpaired) electrons. The summed E-state index contributed by atoms with van der Waals surface area (Å²) in [5.41, 5.74) is 1.03. The zero-order valence-corrected chi connectivity index (χ0v) is 10.0. The number of carbonyl (C=O) groups excluding carboxylic acids is 2. The lowest BCUT2D eigenvalue weighted by molar-refractivity contribution is -0.120. The molecule has 2 N–H and O–H groups in total. The van der Waals surface area contributed by atoms with E-state index in [1.807, 2.05) is 0 Å². The molecule has 1 aliphatic rings. The van der Waals surface area contributed by atoms with Crippen molar-refractivity contribution in [3.8, 4) is 0 Å². The molecule has 0 aliphatic carbocycles. The van der Waals surface area contributed by atoms with Gasteiger partial charge in [0.25, 0.3) is 5.91 Å². The van der Waals surface area contributed by atoms with E-state index < -0.39 is 6.04 Å². The third kappa shape index (κ3) is 2.55. The first-order valence-electron chi connectivity index (χ1n) is 5.29. The van der Waals surface area contributed by atoms with Crippen LogP contribution >= 0.6 is 11.6 Å². The Labute approximate surface area is 104 Å². The van der Waals surface area contributed by atoms with E-state index in [9.17, 15) is 9.59 Å². The first-order chi connectivity index (χ1) is 8.08. The molecule has 1 unspecified atom stereocenters. The van der Waals surface area contributed by atoms with Crippen LogP contribution in [0.3, 0.4) is 0 Å². The number of hydrogen-bond acceptors (Lipinski definition) is 3. The predicted molar refractivity (Wildman–Crippen MR) is 62.9 cm³/mol. The fourth-order valence-electron chi connectivity index (χ4n) is 1.59. The average Bonchev–Trinajstić information content (AvgIpc) is 2.68. The molecule has 0 spiro atoms. The van der Waals surface area contributed by atoms with Gasteiger partial charge in [0.05, 0.1) is 0 Å². The lowest BCUT2D eigenvalue weighted by atomic mass is 10.2. The first-order valence-corrected chi connectivity index (χ1v) is 5.67. The number of carbonyl (C=O) groups is 2. The molecule has 1 aromatic heterocycles. The van der Waals surface area contributed by atoms with Gasteiger partial charge in [0.1, 0.15) is 16.9 Å². The Morgan fingerprint density at radius 2 is 2.35 bits per heavy atom. The summed E-state index contributed by atoms with van der Waals surface area (Å²) < 4.78 is 0. The predicted octanol–water partition coefficient (Wildman–Crippen LogP) is 0.662. The molecular weight excluding hydrogens is 242 g/mol. The normalized spacial score (nSPS) is 18.9. The first kappa shape index (κ1) is 11.9. The van der Waals surface area contributed by atoms with Crippen molar-refractivity contribution in [1.82, 2.24) is 15.6 Å². The molecule has 1 aliphatic heterocycles. The van der Waals surface area contributed by atoms with E-state index in [2.05, 4.69) is 15.6 Å². The minimum absolute atomic E-state index is 0.156. The standard InChI is InChI=1S/C11H12ClN3O2/c1-6-2-3-7(14-9(6)12)11(17)15-8-4-5-13-10(8)16/h2-3,8H,4-5H2,1H3,(H,13,16)(H,15,17). The van der Waals surface area contributed by atoms with Crippen molar-refractivity contribution in [2.24, 2.45) is 0 Å². The summed E-state index contributed by atoms with van der Waals surface area (Å²) in [6, 6.07) is 2.84. The number of aromatic nitrogens is 1. The van der Waals surface area contributed by atoms with E-state index in [4.69, 9.17) is 11.6 Å². The number of aryl methyl sites for hydroxylation is 1. The number of pyridine rings is 1. The van der Waals surface area contributed by atoms with Crippen LogP contribution in [0.15, 0.2) is 12.1 Å². The zero-order valence-electron chi connectivity index (χ0n) is 9.29. The van der Waals surface area contributed by atoms with Crippen LogP contribution in [0, 0.1) is 6.92 Å². The lowest BCUT2D eigenvalue weighted by Gasteiger charge is -2.09. The average molecular weight is 254 g/mol. The number of rotatable bonds is 2. The zero-order chi connectivity index (χ0) is 12.4. The Morgan fingerprint density at radius 3 is 2.94 bits per heavy atom. The van der Waals surface area contributed by atoms with Crippen molar-refractivity contribution in [2.75, 3.05) is 6.54 Å². The molecule has 1 fully saturated rings. The Morgan fingerprint density at radius 1 is 1.59 bits per heavy atom. The molecule has 1 aromatic rings. The molecule has 0 bridgehead atoms. The highest BCUT2D eigenvalue weighted by molar-refractivity contribution is 6.30. The summed E-state index contributed by atoms with van der Waals surface area (Å²) in [4.78, 5) is 27.0. The number of nitrogens with one attached hydrogen (secondary N) is 2. The van der Waals surface area contributed by atoms with Crippen molar-refractivity contribution in [3.63, 3.8) is 0 Å². The Hall–Kier alpha value is -1.62. The fraction of sp³-hybridized carbons (Fsp3) is 0.364. The van der Waals surface area contributed by atoms with Crippen molar-refractivity contribution in [1.29, 1.82) is 0 Å². The maximum absolute atomic E-state index is 11.8. The molecule has 6 heteroatoms. The van der Waals surface area contributed by atoms with Gasteiger partial charge in [-0.1, -0.05) is 17.7 Å². The highest BCUT2D eigenvalue weighted by atomic mass is 35.5. The summed E-state index contributed by atoms with van der Waals surface area (Å²) in [6.45, 7) is 2.40. The molecule has 2 amide bonds. The van der Waals surface area contributed by atoms with Gasteiger partial charge in [0, 0.05) is 6.54 Å². The lowest BCUT2D eigenvalue weighted by Crippen LogP contribution is -2.40. The van der Waals surface area contributed by atoms with Crippen molar-refractivity contribution < 1.29 is 9.59 Å². The molecule has 0 aromatic carbocycles. The van der Waals surface area contributed by atoms with Crippen LogP contribution < -0.4 is 10.6 Å². The van der Waals surface area contributed by atoms with Gasteiger partial charge in [0.15, 0.2) is 0 Å².